The topological polar surface area (TPSA) is 61.4 Å². The number of piperidine rings is 1. The third-order valence-electron chi connectivity index (χ3n) is 6.45. The van der Waals surface area contributed by atoms with Crippen molar-refractivity contribution in [1.82, 2.24) is 5.32 Å². The molecule has 2 atom stereocenters. The van der Waals surface area contributed by atoms with E-state index in [-0.39, 0.29) is 23.7 Å². The quantitative estimate of drug-likeness (QED) is 0.678. The van der Waals surface area contributed by atoms with Crippen molar-refractivity contribution in [2.75, 3.05) is 29.9 Å². The Hall–Kier alpha value is -2.30. The molecule has 1 saturated heterocycles. The van der Waals surface area contributed by atoms with Crippen molar-refractivity contribution in [3.8, 4) is 0 Å². The molecule has 5 heteroatoms. The minimum absolute atomic E-state index is 0.0296. The van der Waals surface area contributed by atoms with Crippen LogP contribution in [0, 0.1) is 11.8 Å². The minimum Gasteiger partial charge on any atom is -0.372 e. The van der Waals surface area contributed by atoms with Gasteiger partial charge < -0.3 is 15.5 Å². The number of hydrogen-bond donors (Lipinski definition) is 2. The molecular formula is C24H33N3O2. The van der Waals surface area contributed by atoms with Crippen LogP contribution >= 0.6 is 0 Å². The van der Waals surface area contributed by atoms with E-state index in [0.717, 1.165) is 25.2 Å². The Balaban J connectivity index is 1.19. The lowest BCUT2D eigenvalue weighted by Crippen LogP contribution is -2.29. The molecule has 2 amide bonds. The minimum atomic E-state index is -0.189. The Kier molecular flexibility index (Phi) is 6.53. The SMILES string of the molecule is O=C(NCCC1=CCCCC1)C1CC1C(=O)Nc1ccc(N2CCCCC2)cc1. The Morgan fingerprint density at radius 2 is 1.69 bits per heavy atom. The van der Waals surface area contributed by atoms with Crippen LogP contribution < -0.4 is 15.5 Å². The zero-order valence-electron chi connectivity index (χ0n) is 17.3. The van der Waals surface area contributed by atoms with Crippen LogP contribution in [0.1, 0.15) is 57.8 Å². The standard InChI is InChI=1S/C24H33N3O2/c28-23(25-14-13-18-7-3-1-4-8-18)21-17-22(21)24(29)26-19-9-11-20(12-10-19)27-15-5-2-6-16-27/h7,9-12,21-22H,1-6,8,13-17H2,(H,25,28)(H,26,29). The van der Waals surface area contributed by atoms with E-state index in [1.165, 1.54) is 56.2 Å². The highest BCUT2D eigenvalue weighted by molar-refractivity contribution is 5.99. The lowest BCUT2D eigenvalue weighted by atomic mass is 9.97. The van der Waals surface area contributed by atoms with Crippen LogP contribution in [0.4, 0.5) is 11.4 Å². The van der Waals surface area contributed by atoms with Gasteiger partial charge in [-0.25, -0.2) is 0 Å². The van der Waals surface area contributed by atoms with E-state index in [4.69, 9.17) is 0 Å². The molecular weight excluding hydrogens is 362 g/mol. The highest BCUT2D eigenvalue weighted by Gasteiger charge is 2.47. The number of amides is 2. The maximum Gasteiger partial charge on any atom is 0.228 e. The summed E-state index contributed by atoms with van der Waals surface area (Å²) in [6, 6.07) is 8.10. The molecule has 4 rings (SSSR count). The number of allylic oxidation sites excluding steroid dienone is 1. The molecule has 1 aromatic carbocycles. The van der Waals surface area contributed by atoms with Gasteiger partial charge in [0.05, 0.1) is 11.8 Å². The van der Waals surface area contributed by atoms with Gasteiger partial charge in [-0.1, -0.05) is 11.6 Å². The molecule has 2 N–H and O–H groups in total. The monoisotopic (exact) mass is 395 g/mol. The molecule has 2 aliphatic carbocycles. The molecule has 2 unspecified atom stereocenters. The molecule has 2 fully saturated rings. The summed E-state index contributed by atoms with van der Waals surface area (Å²) in [4.78, 5) is 27.2. The lowest BCUT2D eigenvalue weighted by molar-refractivity contribution is -0.125. The van der Waals surface area contributed by atoms with E-state index in [1.54, 1.807) is 0 Å². The first-order valence-electron chi connectivity index (χ1n) is 11.3. The molecule has 156 valence electrons. The van der Waals surface area contributed by atoms with Crippen LogP contribution in [0.15, 0.2) is 35.9 Å². The number of carbonyl (C=O) groups is 2. The number of nitrogens with zero attached hydrogens (tertiary/aromatic N) is 1. The van der Waals surface area contributed by atoms with Crippen LogP contribution in [-0.2, 0) is 9.59 Å². The fraction of sp³-hybridized carbons (Fsp3) is 0.583. The molecule has 1 heterocycles. The highest BCUT2D eigenvalue weighted by Crippen LogP contribution is 2.39. The maximum atomic E-state index is 12.5. The second-order valence-corrected chi connectivity index (χ2v) is 8.68. The molecule has 1 aromatic rings. The summed E-state index contributed by atoms with van der Waals surface area (Å²) in [5.41, 5.74) is 3.50. The highest BCUT2D eigenvalue weighted by atomic mass is 16.2. The van der Waals surface area contributed by atoms with Gasteiger partial charge >= 0.3 is 0 Å². The molecule has 5 nitrogen and oxygen atoms in total. The number of rotatable bonds is 7. The van der Waals surface area contributed by atoms with Gasteiger partial charge in [0.1, 0.15) is 0 Å². The summed E-state index contributed by atoms with van der Waals surface area (Å²) < 4.78 is 0. The fourth-order valence-electron chi connectivity index (χ4n) is 4.53. The molecule has 0 bridgehead atoms. The second kappa shape index (κ2) is 9.47. The van der Waals surface area contributed by atoms with Gasteiger partial charge in [0.25, 0.3) is 0 Å². The van der Waals surface area contributed by atoms with E-state index in [1.807, 2.05) is 12.1 Å². The summed E-state index contributed by atoms with van der Waals surface area (Å²) in [6.07, 6.45) is 12.6. The lowest BCUT2D eigenvalue weighted by Gasteiger charge is -2.28. The fourth-order valence-corrected chi connectivity index (χ4v) is 4.53. The van der Waals surface area contributed by atoms with Crippen molar-refractivity contribution in [2.24, 2.45) is 11.8 Å². The number of carbonyl (C=O) groups excluding carboxylic acids is 2. The van der Waals surface area contributed by atoms with Crippen molar-refractivity contribution in [3.63, 3.8) is 0 Å². The molecule has 29 heavy (non-hydrogen) atoms. The summed E-state index contributed by atoms with van der Waals surface area (Å²) in [6.45, 7) is 2.91. The van der Waals surface area contributed by atoms with E-state index in [0.29, 0.717) is 13.0 Å². The largest absolute Gasteiger partial charge is 0.372 e. The summed E-state index contributed by atoms with van der Waals surface area (Å²) in [5, 5.41) is 6.00. The van der Waals surface area contributed by atoms with E-state index >= 15 is 0 Å². The first kappa shape index (κ1) is 20.0. The molecule has 0 spiro atoms. The Morgan fingerprint density at radius 1 is 0.931 bits per heavy atom. The molecule has 1 aliphatic heterocycles. The van der Waals surface area contributed by atoms with Gasteiger partial charge in [-0.05, 0) is 82.1 Å². The average Bonchev–Trinajstić information content (AvgIpc) is 3.57. The Morgan fingerprint density at radius 3 is 2.41 bits per heavy atom. The van der Waals surface area contributed by atoms with Crippen LogP contribution in [0.3, 0.4) is 0 Å². The molecule has 3 aliphatic rings. The summed E-state index contributed by atoms with van der Waals surface area (Å²) >= 11 is 0. The zero-order valence-corrected chi connectivity index (χ0v) is 17.3. The number of nitrogens with one attached hydrogen (secondary N) is 2. The Bertz CT molecular complexity index is 750. The first-order valence-corrected chi connectivity index (χ1v) is 11.3. The maximum absolute atomic E-state index is 12.5. The van der Waals surface area contributed by atoms with Crippen molar-refractivity contribution >= 4 is 23.2 Å². The average molecular weight is 396 g/mol. The van der Waals surface area contributed by atoms with Gasteiger partial charge in [0, 0.05) is 31.0 Å². The number of anilines is 2. The van der Waals surface area contributed by atoms with Gasteiger partial charge in [-0.3, -0.25) is 9.59 Å². The number of benzene rings is 1. The van der Waals surface area contributed by atoms with Gasteiger partial charge in [-0.15, -0.1) is 0 Å². The van der Waals surface area contributed by atoms with E-state index < -0.39 is 0 Å². The van der Waals surface area contributed by atoms with E-state index in [2.05, 4.69) is 33.7 Å². The van der Waals surface area contributed by atoms with Crippen LogP contribution in [0.2, 0.25) is 0 Å². The van der Waals surface area contributed by atoms with Crippen LogP contribution in [0.25, 0.3) is 0 Å². The summed E-state index contributed by atoms with van der Waals surface area (Å²) in [5.74, 6) is -0.360. The van der Waals surface area contributed by atoms with Gasteiger partial charge in [-0.2, -0.15) is 0 Å². The van der Waals surface area contributed by atoms with Crippen LogP contribution in [-0.4, -0.2) is 31.4 Å². The van der Waals surface area contributed by atoms with Gasteiger partial charge in [0.2, 0.25) is 11.8 Å². The zero-order chi connectivity index (χ0) is 20.1. The number of hydrogen-bond acceptors (Lipinski definition) is 3. The third kappa shape index (κ3) is 5.40. The molecule has 0 aromatic heterocycles. The molecule has 1 saturated carbocycles. The summed E-state index contributed by atoms with van der Waals surface area (Å²) in [7, 11) is 0. The van der Waals surface area contributed by atoms with Crippen molar-refractivity contribution < 1.29 is 9.59 Å². The van der Waals surface area contributed by atoms with Crippen molar-refractivity contribution in [2.45, 2.75) is 57.8 Å². The predicted octanol–water partition coefficient (Wildman–Crippen LogP) is 4.26. The molecule has 0 radical (unpaired) electrons. The van der Waals surface area contributed by atoms with Gasteiger partial charge in [0.15, 0.2) is 0 Å². The van der Waals surface area contributed by atoms with Crippen LogP contribution in [0.5, 0.6) is 0 Å². The van der Waals surface area contributed by atoms with E-state index in [9.17, 15) is 9.59 Å². The predicted molar refractivity (Wildman–Crippen MR) is 117 cm³/mol. The third-order valence-corrected chi connectivity index (χ3v) is 6.45. The Labute approximate surface area is 173 Å². The van der Waals surface area contributed by atoms with Crippen molar-refractivity contribution in [1.29, 1.82) is 0 Å². The first-order chi connectivity index (χ1) is 14.2. The smallest absolute Gasteiger partial charge is 0.228 e. The normalized spacial score (nSPS) is 23.9. The second-order valence-electron chi connectivity index (χ2n) is 8.68. The van der Waals surface area contributed by atoms with Crippen molar-refractivity contribution in [3.05, 3.63) is 35.9 Å².